The summed E-state index contributed by atoms with van der Waals surface area (Å²) in [5.74, 6) is -0.0796. The molecular weight excluding hydrogens is 218 g/mol. The molecule has 0 aliphatic rings. The number of nitrogens with zero attached hydrogens (tertiary/aromatic N) is 2. The zero-order valence-corrected chi connectivity index (χ0v) is 8.59. The van der Waals surface area contributed by atoms with E-state index >= 15 is 0 Å². The Bertz CT molecular complexity index is 471. The Morgan fingerprint density at radius 3 is 2.25 bits per heavy atom. The number of anilines is 1. The molecule has 0 fully saturated rings. The van der Waals surface area contributed by atoms with Crippen LogP contribution in [-0.2, 0) is 0 Å². The lowest BCUT2D eigenvalue weighted by atomic mass is 10.1. The molecule has 8 heteroatoms. The number of benzene rings is 1. The smallest absolute Gasteiger partial charge is 0.305 e. The maximum Gasteiger partial charge on any atom is 0.305 e. The highest BCUT2D eigenvalue weighted by Gasteiger charge is 2.28. The normalized spacial score (nSPS) is 9.88. The first-order chi connectivity index (χ1) is 7.40. The molecule has 0 atom stereocenters. The molecule has 2 N–H and O–H groups in total. The van der Waals surface area contributed by atoms with Gasteiger partial charge in [-0.2, -0.15) is 0 Å². The SMILES string of the molecule is COc1cc([N+](=O)[O-])c(C)c([N+](=O)[O-])c1N. The van der Waals surface area contributed by atoms with Gasteiger partial charge in [-0.3, -0.25) is 20.2 Å². The number of ether oxygens (including phenoxy) is 1. The van der Waals surface area contributed by atoms with Crippen LogP contribution in [0.15, 0.2) is 6.07 Å². The van der Waals surface area contributed by atoms with Crippen LogP contribution in [0.3, 0.4) is 0 Å². The Morgan fingerprint density at radius 2 is 1.88 bits per heavy atom. The summed E-state index contributed by atoms with van der Waals surface area (Å²) in [6.07, 6.45) is 0. The average molecular weight is 227 g/mol. The highest BCUT2D eigenvalue weighted by Crippen LogP contribution is 2.39. The summed E-state index contributed by atoms with van der Waals surface area (Å²) in [6, 6.07) is 1.07. The quantitative estimate of drug-likeness (QED) is 0.473. The lowest BCUT2D eigenvalue weighted by Gasteiger charge is -2.07. The van der Waals surface area contributed by atoms with Gasteiger partial charge in [0.2, 0.25) is 0 Å². The van der Waals surface area contributed by atoms with E-state index in [0.29, 0.717) is 0 Å². The Kier molecular flexibility index (Phi) is 2.93. The predicted octanol–water partition coefficient (Wildman–Crippen LogP) is 1.40. The predicted molar refractivity (Wildman–Crippen MR) is 55.5 cm³/mol. The van der Waals surface area contributed by atoms with Crippen LogP contribution in [-0.4, -0.2) is 17.0 Å². The van der Waals surface area contributed by atoms with Crippen LogP contribution < -0.4 is 10.5 Å². The summed E-state index contributed by atoms with van der Waals surface area (Å²) in [5.41, 5.74) is 4.29. The van der Waals surface area contributed by atoms with Crippen LogP contribution in [0.25, 0.3) is 0 Å². The molecule has 0 spiro atoms. The number of methoxy groups -OCH3 is 1. The van der Waals surface area contributed by atoms with Gasteiger partial charge in [0.1, 0.15) is 5.56 Å². The van der Waals surface area contributed by atoms with E-state index in [-0.39, 0.29) is 17.0 Å². The first-order valence-electron chi connectivity index (χ1n) is 4.16. The Balaban J connectivity index is 3.64. The van der Waals surface area contributed by atoms with Crippen LogP contribution in [0.2, 0.25) is 0 Å². The van der Waals surface area contributed by atoms with E-state index in [0.717, 1.165) is 6.07 Å². The second kappa shape index (κ2) is 4.01. The van der Waals surface area contributed by atoms with Gasteiger partial charge < -0.3 is 10.5 Å². The van der Waals surface area contributed by atoms with Gasteiger partial charge in [0, 0.05) is 0 Å². The molecule has 0 aliphatic carbocycles. The van der Waals surface area contributed by atoms with Gasteiger partial charge in [-0.1, -0.05) is 0 Å². The molecule has 8 nitrogen and oxygen atoms in total. The fourth-order valence-corrected chi connectivity index (χ4v) is 1.34. The molecule has 0 bridgehead atoms. The maximum absolute atomic E-state index is 10.7. The van der Waals surface area contributed by atoms with E-state index in [1.54, 1.807) is 0 Å². The molecule has 0 heterocycles. The van der Waals surface area contributed by atoms with Crippen LogP contribution in [0.4, 0.5) is 17.1 Å². The number of hydrogen-bond donors (Lipinski definition) is 1. The highest BCUT2D eigenvalue weighted by atomic mass is 16.6. The molecule has 1 rings (SSSR count). The van der Waals surface area contributed by atoms with Crippen molar-refractivity contribution < 1.29 is 14.6 Å². The number of nitro benzene ring substituents is 2. The van der Waals surface area contributed by atoms with Crippen molar-refractivity contribution >= 4 is 17.1 Å². The molecule has 0 unspecified atom stereocenters. The number of hydrogen-bond acceptors (Lipinski definition) is 6. The van der Waals surface area contributed by atoms with Crippen molar-refractivity contribution in [2.24, 2.45) is 0 Å². The monoisotopic (exact) mass is 227 g/mol. The Morgan fingerprint density at radius 1 is 1.31 bits per heavy atom. The molecule has 86 valence electrons. The third-order valence-corrected chi connectivity index (χ3v) is 2.13. The van der Waals surface area contributed by atoms with E-state index in [9.17, 15) is 20.2 Å². The Labute approximate surface area is 89.9 Å². The van der Waals surface area contributed by atoms with Gasteiger partial charge in [-0.15, -0.1) is 0 Å². The number of nitro groups is 2. The van der Waals surface area contributed by atoms with Gasteiger partial charge in [-0.05, 0) is 6.92 Å². The van der Waals surface area contributed by atoms with Crippen molar-refractivity contribution in [1.82, 2.24) is 0 Å². The molecule has 0 saturated carbocycles. The summed E-state index contributed by atoms with van der Waals surface area (Å²) in [7, 11) is 1.23. The standard InChI is InChI=1S/C8H9N3O5/c1-4-5(10(12)13)3-6(16-2)7(9)8(4)11(14)15/h3H,9H2,1-2H3. The topological polar surface area (TPSA) is 122 Å². The lowest BCUT2D eigenvalue weighted by Crippen LogP contribution is -2.04. The van der Waals surface area contributed by atoms with Crippen molar-refractivity contribution in [1.29, 1.82) is 0 Å². The molecule has 0 radical (unpaired) electrons. The first-order valence-corrected chi connectivity index (χ1v) is 4.16. The number of nitrogen functional groups attached to an aromatic ring is 1. The maximum atomic E-state index is 10.7. The van der Waals surface area contributed by atoms with E-state index in [1.165, 1.54) is 14.0 Å². The number of rotatable bonds is 3. The molecule has 0 saturated heterocycles. The van der Waals surface area contributed by atoms with Gasteiger partial charge in [0.05, 0.1) is 23.0 Å². The highest BCUT2D eigenvalue weighted by molar-refractivity contribution is 5.75. The van der Waals surface area contributed by atoms with E-state index in [2.05, 4.69) is 0 Å². The van der Waals surface area contributed by atoms with Gasteiger partial charge in [0.25, 0.3) is 5.69 Å². The number of nitrogens with two attached hydrogens (primary N) is 1. The summed E-state index contributed by atoms with van der Waals surface area (Å²) in [4.78, 5) is 19.9. The van der Waals surface area contributed by atoms with Crippen LogP contribution in [0, 0.1) is 27.2 Å². The van der Waals surface area contributed by atoms with Crippen LogP contribution >= 0.6 is 0 Å². The molecule has 0 amide bonds. The molecular formula is C8H9N3O5. The minimum absolute atomic E-state index is 0.0796. The van der Waals surface area contributed by atoms with Crippen molar-refractivity contribution in [3.05, 3.63) is 31.9 Å². The van der Waals surface area contributed by atoms with E-state index < -0.39 is 21.2 Å². The van der Waals surface area contributed by atoms with Crippen molar-refractivity contribution in [3.8, 4) is 5.75 Å². The molecule has 16 heavy (non-hydrogen) atoms. The fraction of sp³-hybridized carbons (Fsp3) is 0.250. The molecule has 1 aromatic rings. The minimum Gasteiger partial charge on any atom is -0.494 e. The summed E-state index contributed by atoms with van der Waals surface area (Å²) >= 11 is 0. The summed E-state index contributed by atoms with van der Waals surface area (Å²) in [6.45, 7) is 1.27. The Hall–Kier alpha value is -2.38. The second-order valence-electron chi connectivity index (χ2n) is 3.00. The van der Waals surface area contributed by atoms with E-state index in [4.69, 9.17) is 10.5 Å². The fourth-order valence-electron chi connectivity index (χ4n) is 1.34. The lowest BCUT2D eigenvalue weighted by molar-refractivity contribution is -0.394. The molecule has 0 aliphatic heterocycles. The summed E-state index contributed by atoms with van der Waals surface area (Å²) in [5, 5.41) is 21.4. The van der Waals surface area contributed by atoms with Gasteiger partial charge in [0.15, 0.2) is 11.4 Å². The van der Waals surface area contributed by atoms with Gasteiger partial charge in [-0.25, -0.2) is 0 Å². The first kappa shape index (κ1) is 11.7. The third-order valence-electron chi connectivity index (χ3n) is 2.13. The third kappa shape index (κ3) is 1.72. The van der Waals surface area contributed by atoms with Crippen LogP contribution in [0.5, 0.6) is 5.75 Å². The largest absolute Gasteiger partial charge is 0.494 e. The average Bonchev–Trinajstić information content (AvgIpc) is 2.16. The van der Waals surface area contributed by atoms with E-state index in [1.807, 2.05) is 0 Å². The van der Waals surface area contributed by atoms with Crippen molar-refractivity contribution in [3.63, 3.8) is 0 Å². The molecule has 1 aromatic carbocycles. The van der Waals surface area contributed by atoms with Crippen molar-refractivity contribution in [2.45, 2.75) is 6.92 Å². The summed E-state index contributed by atoms with van der Waals surface area (Å²) < 4.78 is 4.75. The van der Waals surface area contributed by atoms with Crippen LogP contribution in [0.1, 0.15) is 5.56 Å². The zero-order chi connectivity index (χ0) is 12.5. The van der Waals surface area contributed by atoms with Gasteiger partial charge >= 0.3 is 5.69 Å². The zero-order valence-electron chi connectivity index (χ0n) is 8.59. The minimum atomic E-state index is -0.764. The van der Waals surface area contributed by atoms with Crippen molar-refractivity contribution in [2.75, 3.05) is 12.8 Å². The molecule has 0 aromatic heterocycles. The second-order valence-corrected chi connectivity index (χ2v) is 3.00.